The number of nitriles is 1. The predicted molar refractivity (Wildman–Crippen MR) is 56.0 cm³/mol. The minimum absolute atomic E-state index is 0.151. The lowest BCUT2D eigenvalue weighted by molar-refractivity contribution is -0.384. The zero-order valence-electron chi connectivity index (χ0n) is 8.08. The van der Waals surface area contributed by atoms with Crippen molar-refractivity contribution in [3.05, 3.63) is 45.5 Å². The number of nitrogens with zero attached hydrogens (tertiary/aromatic N) is 2. The molecule has 0 bridgehead atoms. The second-order valence-electron chi connectivity index (χ2n) is 2.92. The molecular formula is C10H7N3O3. The fourth-order valence-electron chi connectivity index (χ4n) is 1.08. The molecule has 1 aromatic rings. The average molecular weight is 217 g/mol. The van der Waals surface area contributed by atoms with Crippen LogP contribution >= 0.6 is 0 Å². The van der Waals surface area contributed by atoms with Crippen molar-refractivity contribution < 1.29 is 9.72 Å². The fourth-order valence-corrected chi connectivity index (χ4v) is 1.08. The molecule has 0 fully saturated rings. The molecule has 1 amide bonds. The van der Waals surface area contributed by atoms with Crippen LogP contribution in [0.15, 0.2) is 24.3 Å². The Labute approximate surface area is 90.7 Å². The molecule has 0 aliphatic heterocycles. The van der Waals surface area contributed by atoms with E-state index in [0.717, 1.165) is 12.1 Å². The van der Waals surface area contributed by atoms with Gasteiger partial charge >= 0.3 is 0 Å². The Hall–Kier alpha value is -2.68. The van der Waals surface area contributed by atoms with Gasteiger partial charge < -0.3 is 5.73 Å². The van der Waals surface area contributed by atoms with Crippen molar-refractivity contribution in [2.24, 2.45) is 5.73 Å². The van der Waals surface area contributed by atoms with E-state index in [1.807, 2.05) is 0 Å². The number of carbonyl (C=O) groups is 1. The van der Waals surface area contributed by atoms with Crippen LogP contribution < -0.4 is 5.73 Å². The Balaban J connectivity index is 3.20. The van der Waals surface area contributed by atoms with Crippen molar-refractivity contribution in [1.82, 2.24) is 0 Å². The Morgan fingerprint density at radius 1 is 1.50 bits per heavy atom. The van der Waals surface area contributed by atoms with E-state index in [0.29, 0.717) is 5.56 Å². The number of primary amides is 1. The largest absolute Gasteiger partial charge is 0.366 e. The van der Waals surface area contributed by atoms with Gasteiger partial charge in [0.15, 0.2) is 0 Å². The van der Waals surface area contributed by atoms with Gasteiger partial charge in [0.25, 0.3) is 5.69 Å². The number of hydrogen-bond acceptors (Lipinski definition) is 4. The van der Waals surface area contributed by atoms with Gasteiger partial charge in [-0.3, -0.25) is 14.9 Å². The lowest BCUT2D eigenvalue weighted by Crippen LogP contribution is -2.05. The number of amides is 1. The maximum atomic E-state index is 10.5. The highest BCUT2D eigenvalue weighted by atomic mass is 16.6. The van der Waals surface area contributed by atoms with Crippen LogP contribution in [-0.2, 0) is 4.79 Å². The first-order valence-electron chi connectivity index (χ1n) is 4.20. The predicted octanol–water partition coefficient (Wildman–Crippen LogP) is 0.965. The second-order valence-corrected chi connectivity index (χ2v) is 2.92. The zero-order chi connectivity index (χ0) is 12.1. The van der Waals surface area contributed by atoms with Crippen LogP contribution in [0.1, 0.15) is 11.1 Å². The fraction of sp³-hybridized carbons (Fsp3) is 0. The first kappa shape index (κ1) is 11.4. The van der Waals surface area contributed by atoms with Crippen LogP contribution in [0, 0.1) is 21.4 Å². The summed E-state index contributed by atoms with van der Waals surface area (Å²) in [7, 11) is 0. The Bertz CT molecular complexity index is 515. The normalized spacial score (nSPS) is 9.94. The van der Waals surface area contributed by atoms with E-state index in [-0.39, 0.29) is 11.3 Å². The molecule has 0 spiro atoms. The van der Waals surface area contributed by atoms with E-state index in [2.05, 4.69) is 0 Å². The van der Waals surface area contributed by atoms with Crippen LogP contribution in [0.4, 0.5) is 5.69 Å². The molecule has 0 saturated heterocycles. The highest BCUT2D eigenvalue weighted by molar-refractivity contribution is 5.90. The molecule has 1 aromatic carbocycles. The van der Waals surface area contributed by atoms with E-state index in [9.17, 15) is 14.9 Å². The van der Waals surface area contributed by atoms with Crippen LogP contribution in [0.2, 0.25) is 0 Å². The molecule has 2 N–H and O–H groups in total. The van der Waals surface area contributed by atoms with Gasteiger partial charge in [0.2, 0.25) is 5.91 Å². The van der Waals surface area contributed by atoms with Gasteiger partial charge in [-0.15, -0.1) is 0 Å². The van der Waals surface area contributed by atoms with Crippen LogP contribution in [0.25, 0.3) is 6.08 Å². The van der Waals surface area contributed by atoms with Crippen LogP contribution in [-0.4, -0.2) is 10.8 Å². The molecule has 0 aliphatic carbocycles. The summed E-state index contributed by atoms with van der Waals surface area (Å²) in [4.78, 5) is 20.4. The van der Waals surface area contributed by atoms with E-state index in [1.165, 1.54) is 18.2 Å². The van der Waals surface area contributed by atoms with Crippen molar-refractivity contribution >= 4 is 17.7 Å². The van der Waals surface area contributed by atoms with Crippen molar-refractivity contribution in [3.8, 4) is 6.07 Å². The molecule has 0 aliphatic rings. The summed E-state index contributed by atoms with van der Waals surface area (Å²) < 4.78 is 0. The standard InChI is InChI=1S/C10H7N3O3/c11-6-8-3-7(1-2-10(12)14)4-9(5-8)13(15)16/h1-5H,(H2,12,14). The van der Waals surface area contributed by atoms with Gasteiger partial charge in [-0.1, -0.05) is 0 Å². The van der Waals surface area contributed by atoms with Gasteiger partial charge in [-0.2, -0.15) is 5.26 Å². The topological polar surface area (TPSA) is 110 Å². The SMILES string of the molecule is N#Cc1cc(C=CC(N)=O)cc([N+](=O)[O-])c1. The minimum Gasteiger partial charge on any atom is -0.366 e. The Morgan fingerprint density at radius 3 is 2.69 bits per heavy atom. The molecule has 6 heteroatoms. The molecule has 0 saturated carbocycles. The molecular weight excluding hydrogens is 210 g/mol. The van der Waals surface area contributed by atoms with E-state index >= 15 is 0 Å². The minimum atomic E-state index is -0.662. The molecule has 0 aromatic heterocycles. The summed E-state index contributed by atoms with van der Waals surface area (Å²) in [5.41, 5.74) is 5.21. The summed E-state index contributed by atoms with van der Waals surface area (Å²) >= 11 is 0. The number of nitrogens with two attached hydrogens (primary N) is 1. The number of nitro groups is 1. The van der Waals surface area contributed by atoms with E-state index < -0.39 is 10.8 Å². The van der Waals surface area contributed by atoms with Crippen molar-refractivity contribution in [2.75, 3.05) is 0 Å². The van der Waals surface area contributed by atoms with Crippen molar-refractivity contribution in [1.29, 1.82) is 5.26 Å². The molecule has 0 unspecified atom stereocenters. The highest BCUT2D eigenvalue weighted by Crippen LogP contribution is 2.17. The third-order valence-corrected chi connectivity index (χ3v) is 1.72. The smallest absolute Gasteiger partial charge is 0.271 e. The van der Waals surface area contributed by atoms with Gasteiger partial charge in [0, 0.05) is 18.2 Å². The number of nitro benzene ring substituents is 1. The summed E-state index contributed by atoms with van der Waals surface area (Å²) in [6, 6.07) is 5.62. The van der Waals surface area contributed by atoms with E-state index in [1.54, 1.807) is 6.07 Å². The lowest BCUT2D eigenvalue weighted by atomic mass is 10.1. The molecule has 0 radical (unpaired) electrons. The van der Waals surface area contributed by atoms with Gasteiger partial charge in [0.05, 0.1) is 16.6 Å². The number of rotatable bonds is 3. The summed E-state index contributed by atoms with van der Waals surface area (Å²) in [6.07, 6.45) is 2.39. The maximum absolute atomic E-state index is 10.5. The summed E-state index contributed by atoms with van der Waals surface area (Å²) in [5, 5.41) is 19.2. The lowest BCUT2D eigenvalue weighted by Gasteiger charge is -1.96. The Kier molecular flexibility index (Phi) is 3.35. The maximum Gasteiger partial charge on any atom is 0.271 e. The summed E-state index contributed by atoms with van der Waals surface area (Å²) in [5.74, 6) is -0.662. The number of benzene rings is 1. The highest BCUT2D eigenvalue weighted by Gasteiger charge is 2.08. The quantitative estimate of drug-likeness (QED) is 0.461. The van der Waals surface area contributed by atoms with Crippen LogP contribution in [0.5, 0.6) is 0 Å². The number of non-ortho nitro benzene ring substituents is 1. The number of carbonyl (C=O) groups excluding carboxylic acids is 1. The molecule has 0 atom stereocenters. The van der Waals surface area contributed by atoms with Crippen molar-refractivity contribution in [2.45, 2.75) is 0 Å². The monoisotopic (exact) mass is 217 g/mol. The Morgan fingerprint density at radius 2 is 2.19 bits per heavy atom. The molecule has 16 heavy (non-hydrogen) atoms. The second kappa shape index (κ2) is 4.70. The first-order valence-corrected chi connectivity index (χ1v) is 4.20. The van der Waals surface area contributed by atoms with Crippen LogP contribution in [0.3, 0.4) is 0 Å². The summed E-state index contributed by atoms with van der Waals surface area (Å²) in [6.45, 7) is 0. The zero-order valence-corrected chi connectivity index (χ0v) is 8.08. The third kappa shape index (κ3) is 2.92. The average Bonchev–Trinajstić information content (AvgIpc) is 2.25. The first-order chi connectivity index (χ1) is 7.52. The van der Waals surface area contributed by atoms with Gasteiger partial charge in [-0.05, 0) is 17.7 Å². The molecule has 80 valence electrons. The third-order valence-electron chi connectivity index (χ3n) is 1.72. The molecule has 1 rings (SSSR count). The van der Waals surface area contributed by atoms with Gasteiger partial charge in [0.1, 0.15) is 0 Å². The molecule has 6 nitrogen and oxygen atoms in total. The van der Waals surface area contributed by atoms with E-state index in [4.69, 9.17) is 11.0 Å². The van der Waals surface area contributed by atoms with Gasteiger partial charge in [-0.25, -0.2) is 0 Å². The van der Waals surface area contributed by atoms with Crippen molar-refractivity contribution in [3.63, 3.8) is 0 Å². The molecule has 0 heterocycles. The number of hydrogen-bond donors (Lipinski definition) is 1.